The van der Waals surface area contributed by atoms with E-state index in [9.17, 15) is 44.7 Å². The number of hydrogen-bond acceptors (Lipinski definition) is 6. The zero-order valence-electron chi connectivity index (χ0n) is 25.5. The molecular weight excluding hydrogens is 645 g/mol. The first-order valence-electron chi connectivity index (χ1n) is 14.4. The van der Waals surface area contributed by atoms with Crippen molar-refractivity contribution in [2.24, 2.45) is 0 Å². The van der Waals surface area contributed by atoms with Crippen molar-refractivity contribution in [1.29, 1.82) is 0 Å². The number of sulfone groups is 1. The SMILES string of the molecule is Cc1ccccc1-c1cc(CN(CCc2ccccc2)S(=O)(=O)CCCC(F)(F)F)ccc1C(=O)N[C@@H](CCS(C)(=O)=O)C(=O)O. The van der Waals surface area contributed by atoms with Crippen LogP contribution in [0.3, 0.4) is 0 Å². The maximum atomic E-state index is 13.4. The van der Waals surface area contributed by atoms with Crippen LogP contribution in [0.4, 0.5) is 13.2 Å². The summed E-state index contributed by atoms with van der Waals surface area (Å²) >= 11 is 0. The van der Waals surface area contributed by atoms with Crippen LogP contribution in [0.2, 0.25) is 0 Å². The van der Waals surface area contributed by atoms with Crippen molar-refractivity contribution in [3.8, 4) is 11.1 Å². The normalized spacial score (nSPS) is 13.0. The van der Waals surface area contributed by atoms with Gasteiger partial charge < -0.3 is 10.4 Å². The summed E-state index contributed by atoms with van der Waals surface area (Å²) in [4.78, 5) is 25.2. The summed E-state index contributed by atoms with van der Waals surface area (Å²) in [5, 5.41) is 12.0. The van der Waals surface area contributed by atoms with Gasteiger partial charge in [-0.05, 0) is 66.1 Å². The van der Waals surface area contributed by atoms with Gasteiger partial charge in [0.15, 0.2) is 0 Å². The number of aryl methyl sites for hydroxylation is 1. The Morgan fingerprint density at radius 3 is 2.15 bits per heavy atom. The molecule has 0 saturated heterocycles. The number of sulfonamides is 1. The van der Waals surface area contributed by atoms with Crippen LogP contribution in [-0.4, -0.2) is 74.6 Å². The maximum Gasteiger partial charge on any atom is 0.389 e. The highest BCUT2D eigenvalue weighted by molar-refractivity contribution is 7.90. The Hall–Kier alpha value is -3.75. The van der Waals surface area contributed by atoms with Crippen molar-refractivity contribution in [1.82, 2.24) is 9.62 Å². The van der Waals surface area contributed by atoms with E-state index >= 15 is 0 Å². The van der Waals surface area contributed by atoms with Crippen molar-refractivity contribution >= 4 is 31.7 Å². The largest absolute Gasteiger partial charge is 0.480 e. The van der Waals surface area contributed by atoms with Crippen molar-refractivity contribution in [2.45, 2.75) is 51.4 Å². The van der Waals surface area contributed by atoms with E-state index in [1.54, 1.807) is 49.4 Å². The van der Waals surface area contributed by atoms with Gasteiger partial charge in [-0.25, -0.2) is 21.6 Å². The topological polar surface area (TPSA) is 138 Å². The highest BCUT2D eigenvalue weighted by atomic mass is 32.2. The minimum absolute atomic E-state index is 0.000921. The lowest BCUT2D eigenvalue weighted by Gasteiger charge is -2.24. The van der Waals surface area contributed by atoms with E-state index in [1.807, 2.05) is 18.2 Å². The van der Waals surface area contributed by atoms with E-state index in [4.69, 9.17) is 0 Å². The molecule has 2 N–H and O–H groups in total. The number of nitrogens with one attached hydrogen (secondary N) is 1. The lowest BCUT2D eigenvalue weighted by molar-refractivity contribution is -0.139. The van der Waals surface area contributed by atoms with Crippen LogP contribution in [0.1, 0.15) is 46.3 Å². The second-order valence-corrected chi connectivity index (χ2v) is 15.4. The van der Waals surface area contributed by atoms with Gasteiger partial charge in [-0.3, -0.25) is 4.79 Å². The molecule has 9 nitrogen and oxygen atoms in total. The van der Waals surface area contributed by atoms with Crippen LogP contribution in [0, 0.1) is 6.92 Å². The molecule has 0 radical (unpaired) electrons. The predicted octanol–water partition coefficient (Wildman–Crippen LogP) is 5.00. The van der Waals surface area contributed by atoms with E-state index in [0.29, 0.717) is 23.1 Å². The average molecular weight is 683 g/mol. The summed E-state index contributed by atoms with van der Waals surface area (Å²) < 4.78 is 89.5. The minimum atomic E-state index is -4.49. The lowest BCUT2D eigenvalue weighted by atomic mass is 9.93. The number of carbonyl (C=O) groups is 2. The molecule has 250 valence electrons. The Balaban J connectivity index is 1.98. The van der Waals surface area contributed by atoms with Crippen LogP contribution in [0.25, 0.3) is 11.1 Å². The monoisotopic (exact) mass is 682 g/mol. The second kappa shape index (κ2) is 15.7. The van der Waals surface area contributed by atoms with Crippen molar-refractivity contribution < 1.29 is 44.7 Å². The van der Waals surface area contributed by atoms with Gasteiger partial charge in [-0.15, -0.1) is 0 Å². The molecule has 0 aliphatic carbocycles. The van der Waals surface area contributed by atoms with Crippen LogP contribution < -0.4 is 5.32 Å². The molecule has 1 atom stereocenters. The Labute approximate surface area is 267 Å². The van der Waals surface area contributed by atoms with Crippen molar-refractivity contribution in [3.63, 3.8) is 0 Å². The molecule has 0 fully saturated rings. The highest BCUT2D eigenvalue weighted by Crippen LogP contribution is 2.30. The summed E-state index contributed by atoms with van der Waals surface area (Å²) in [7, 11) is -7.63. The molecule has 0 aliphatic heterocycles. The van der Waals surface area contributed by atoms with Gasteiger partial charge in [0.1, 0.15) is 15.9 Å². The van der Waals surface area contributed by atoms with Gasteiger partial charge in [0.2, 0.25) is 10.0 Å². The molecular formula is C32H37F3N2O7S2. The van der Waals surface area contributed by atoms with Gasteiger partial charge in [0, 0.05) is 31.3 Å². The number of carboxylic acids is 1. The van der Waals surface area contributed by atoms with E-state index in [1.165, 1.54) is 12.1 Å². The first-order chi connectivity index (χ1) is 21.4. The van der Waals surface area contributed by atoms with E-state index in [-0.39, 0.29) is 25.1 Å². The smallest absolute Gasteiger partial charge is 0.389 e. The lowest BCUT2D eigenvalue weighted by Crippen LogP contribution is -2.42. The molecule has 0 aliphatic rings. The summed E-state index contributed by atoms with van der Waals surface area (Å²) in [6, 6.07) is 19.1. The zero-order valence-corrected chi connectivity index (χ0v) is 27.1. The third-order valence-corrected chi connectivity index (χ3v) is 10.1. The number of carbonyl (C=O) groups excluding carboxylic acids is 1. The quantitative estimate of drug-likeness (QED) is 0.217. The van der Waals surface area contributed by atoms with Crippen molar-refractivity contribution in [2.75, 3.05) is 24.3 Å². The van der Waals surface area contributed by atoms with Crippen LogP contribution >= 0.6 is 0 Å². The van der Waals surface area contributed by atoms with Gasteiger partial charge in [0.05, 0.1) is 11.5 Å². The first-order valence-corrected chi connectivity index (χ1v) is 18.1. The van der Waals surface area contributed by atoms with Gasteiger partial charge in [-0.1, -0.05) is 60.7 Å². The second-order valence-electron chi connectivity index (χ2n) is 11.1. The molecule has 3 rings (SSSR count). The number of nitrogens with zero attached hydrogens (tertiary/aromatic N) is 1. The number of halogens is 3. The van der Waals surface area contributed by atoms with E-state index in [2.05, 4.69) is 5.32 Å². The Morgan fingerprint density at radius 2 is 1.54 bits per heavy atom. The Kier molecular flexibility index (Phi) is 12.5. The first kappa shape index (κ1) is 36.7. The molecule has 3 aromatic carbocycles. The third-order valence-electron chi connectivity index (χ3n) is 7.25. The number of benzene rings is 3. The van der Waals surface area contributed by atoms with Crippen molar-refractivity contribution in [3.05, 3.63) is 95.1 Å². The average Bonchev–Trinajstić information content (AvgIpc) is 2.96. The fraction of sp³-hybridized carbons (Fsp3) is 0.375. The molecule has 0 aromatic heterocycles. The van der Waals surface area contributed by atoms with Crippen LogP contribution in [0.15, 0.2) is 72.8 Å². The fourth-order valence-corrected chi connectivity index (χ4v) is 6.96. The van der Waals surface area contributed by atoms with Gasteiger partial charge in [-0.2, -0.15) is 17.5 Å². The number of rotatable bonds is 16. The van der Waals surface area contributed by atoms with Gasteiger partial charge in [0.25, 0.3) is 5.91 Å². The molecule has 0 heterocycles. The highest BCUT2D eigenvalue weighted by Gasteiger charge is 2.30. The standard InChI is InChI=1S/C32H37F3N2O7S2/c1-23-9-6-7-12-26(23)28-21-25(13-14-27(28)30(38)36-29(31(39)40)16-20-45(2,41)42)22-37(18-15-24-10-4-3-5-11-24)46(43,44)19-8-17-32(33,34)35/h3-7,9-14,21,29H,8,15-20,22H2,1-2H3,(H,36,38)(H,39,40)/t29-/m0/s1. The minimum Gasteiger partial charge on any atom is -0.480 e. The number of hydrogen-bond donors (Lipinski definition) is 2. The molecule has 1 amide bonds. The summed E-state index contributed by atoms with van der Waals surface area (Å²) in [6.07, 6.45) is -5.39. The number of alkyl halides is 3. The number of aliphatic carboxylic acids is 1. The Morgan fingerprint density at radius 1 is 0.891 bits per heavy atom. The van der Waals surface area contributed by atoms with E-state index < -0.39 is 68.3 Å². The molecule has 3 aromatic rings. The fourth-order valence-electron chi connectivity index (χ4n) is 4.81. The predicted molar refractivity (Wildman–Crippen MR) is 169 cm³/mol. The van der Waals surface area contributed by atoms with E-state index in [0.717, 1.165) is 21.7 Å². The van der Waals surface area contributed by atoms with Crippen LogP contribution in [0.5, 0.6) is 0 Å². The molecule has 14 heteroatoms. The number of carboxylic acid groups (broad SMARTS) is 1. The molecule has 0 bridgehead atoms. The maximum absolute atomic E-state index is 13.4. The summed E-state index contributed by atoms with van der Waals surface area (Å²) in [5.74, 6) is -3.33. The Bertz CT molecular complexity index is 1730. The number of amides is 1. The molecule has 0 saturated carbocycles. The molecule has 0 spiro atoms. The van der Waals surface area contributed by atoms with Gasteiger partial charge >= 0.3 is 12.1 Å². The van der Waals surface area contributed by atoms with Crippen LogP contribution in [-0.2, 0) is 37.6 Å². The molecule has 46 heavy (non-hydrogen) atoms. The summed E-state index contributed by atoms with van der Waals surface area (Å²) in [5.41, 5.74) is 3.12. The zero-order chi connectivity index (χ0) is 34.1. The summed E-state index contributed by atoms with van der Waals surface area (Å²) in [6.45, 7) is 1.61. The molecule has 0 unspecified atom stereocenters. The third kappa shape index (κ3) is 11.6.